The molecule has 2 aliphatic heterocycles. The van der Waals surface area contributed by atoms with Gasteiger partial charge in [-0.25, -0.2) is 4.68 Å². The third-order valence-corrected chi connectivity index (χ3v) is 7.70. The first-order chi connectivity index (χ1) is 16.8. The Morgan fingerprint density at radius 2 is 1.71 bits per heavy atom. The number of aromatic nitrogens is 2. The first-order valence-corrected chi connectivity index (χ1v) is 12.7. The lowest BCUT2D eigenvalue weighted by Crippen LogP contribution is -2.33. The number of nitrogens with zero attached hydrogens (tertiary/aromatic N) is 3. The topological polar surface area (TPSA) is 30.3 Å². The maximum absolute atomic E-state index is 6.02. The molecule has 174 valence electrons. The van der Waals surface area contributed by atoms with E-state index in [-0.39, 0.29) is 11.6 Å². The zero-order valence-electron chi connectivity index (χ0n) is 19.8. The Morgan fingerprint density at radius 3 is 2.47 bits per heavy atom. The molecular weight excluding hydrogens is 418 g/mol. The van der Waals surface area contributed by atoms with E-state index in [0.29, 0.717) is 0 Å². The standard InChI is InChI=1S/C30H33N3O/c1-3-9-24(10-4-1)20-30(16-17-32(23-30)22-25-11-5-2-6-12-25)27-14-15-28-26(19-27)21-31-33(28)29-13-7-8-18-34-29/h1-6,9-12,14-15,19,21,29H,7-8,13,16-18,20,22-23H2/t29-,30+/m1/s1. The van der Waals surface area contributed by atoms with Gasteiger partial charge in [0.05, 0.1) is 11.7 Å². The van der Waals surface area contributed by atoms with Crippen molar-refractivity contribution < 1.29 is 4.74 Å². The molecule has 3 heterocycles. The second-order valence-corrected chi connectivity index (χ2v) is 10.1. The molecule has 1 aromatic heterocycles. The van der Waals surface area contributed by atoms with Gasteiger partial charge in [-0.1, -0.05) is 66.7 Å². The first kappa shape index (κ1) is 21.6. The molecule has 4 heteroatoms. The number of benzene rings is 3. The molecule has 0 N–H and O–H groups in total. The summed E-state index contributed by atoms with van der Waals surface area (Å²) >= 11 is 0. The summed E-state index contributed by atoms with van der Waals surface area (Å²) < 4.78 is 8.12. The van der Waals surface area contributed by atoms with Gasteiger partial charge in [-0.2, -0.15) is 5.10 Å². The van der Waals surface area contributed by atoms with Crippen LogP contribution in [0.4, 0.5) is 0 Å². The third kappa shape index (κ3) is 4.28. The molecule has 0 amide bonds. The Kier molecular flexibility index (Phi) is 5.94. The minimum absolute atomic E-state index is 0.0724. The molecule has 0 unspecified atom stereocenters. The molecule has 2 atom stereocenters. The Morgan fingerprint density at radius 1 is 0.912 bits per heavy atom. The number of rotatable bonds is 6. The van der Waals surface area contributed by atoms with Gasteiger partial charge in [-0.05, 0) is 67.5 Å². The van der Waals surface area contributed by atoms with Crippen LogP contribution in [-0.4, -0.2) is 34.4 Å². The molecule has 0 radical (unpaired) electrons. The van der Waals surface area contributed by atoms with E-state index in [2.05, 4.69) is 88.4 Å². The maximum atomic E-state index is 6.02. The fourth-order valence-electron chi connectivity index (χ4n) is 5.93. The van der Waals surface area contributed by atoms with Gasteiger partial charge in [0.25, 0.3) is 0 Å². The van der Waals surface area contributed by atoms with Gasteiger partial charge in [0.15, 0.2) is 6.23 Å². The number of ether oxygens (including phenoxy) is 1. The van der Waals surface area contributed by atoms with Crippen molar-refractivity contribution in [1.82, 2.24) is 14.7 Å². The SMILES string of the molecule is c1ccc(CN2CC[C@@](Cc3ccccc3)(c3ccc4c(cnn4[C@H]4CCCCO4)c3)C2)cc1. The van der Waals surface area contributed by atoms with Crippen LogP contribution >= 0.6 is 0 Å². The predicted molar refractivity (Wildman–Crippen MR) is 137 cm³/mol. The highest BCUT2D eigenvalue weighted by molar-refractivity contribution is 5.80. The molecule has 4 aromatic rings. The number of fused-ring (bicyclic) bond motifs is 1. The Bertz CT molecular complexity index is 1230. The Hall–Kier alpha value is -2.95. The van der Waals surface area contributed by atoms with Crippen LogP contribution in [-0.2, 0) is 23.1 Å². The summed E-state index contributed by atoms with van der Waals surface area (Å²) in [6.07, 6.45) is 7.74. The molecule has 2 fully saturated rings. The van der Waals surface area contributed by atoms with Crippen molar-refractivity contribution in [2.45, 2.75) is 50.3 Å². The van der Waals surface area contributed by atoms with Crippen molar-refractivity contribution in [3.8, 4) is 0 Å². The van der Waals surface area contributed by atoms with Crippen LogP contribution in [0, 0.1) is 0 Å². The highest BCUT2D eigenvalue weighted by Gasteiger charge is 2.40. The molecule has 0 bridgehead atoms. The highest BCUT2D eigenvalue weighted by atomic mass is 16.5. The summed E-state index contributed by atoms with van der Waals surface area (Å²) in [6, 6.07) is 28.9. The lowest BCUT2D eigenvalue weighted by molar-refractivity contribution is -0.0366. The lowest BCUT2D eigenvalue weighted by Gasteiger charge is -2.31. The van der Waals surface area contributed by atoms with Crippen LogP contribution < -0.4 is 0 Å². The van der Waals surface area contributed by atoms with Crippen molar-refractivity contribution in [3.05, 3.63) is 102 Å². The third-order valence-electron chi connectivity index (χ3n) is 7.70. The van der Waals surface area contributed by atoms with Gasteiger partial charge in [0.1, 0.15) is 0 Å². The average molecular weight is 452 g/mol. The minimum Gasteiger partial charge on any atom is -0.356 e. The zero-order valence-corrected chi connectivity index (χ0v) is 19.8. The molecule has 0 aliphatic carbocycles. The Balaban J connectivity index is 1.32. The minimum atomic E-state index is 0.0724. The van der Waals surface area contributed by atoms with Crippen LogP contribution in [0.15, 0.2) is 85.1 Å². The normalized spacial score (nSPS) is 23.5. The van der Waals surface area contributed by atoms with Gasteiger partial charge < -0.3 is 4.74 Å². The summed E-state index contributed by atoms with van der Waals surface area (Å²) in [5.41, 5.74) is 5.53. The van der Waals surface area contributed by atoms with Crippen molar-refractivity contribution in [2.24, 2.45) is 0 Å². The maximum Gasteiger partial charge on any atom is 0.150 e. The molecule has 34 heavy (non-hydrogen) atoms. The van der Waals surface area contributed by atoms with Crippen molar-refractivity contribution >= 4 is 10.9 Å². The molecule has 2 aliphatic rings. The molecule has 0 spiro atoms. The molecule has 4 nitrogen and oxygen atoms in total. The van der Waals surface area contributed by atoms with E-state index < -0.39 is 0 Å². The molecule has 3 aromatic carbocycles. The van der Waals surface area contributed by atoms with Gasteiger partial charge in [-0.15, -0.1) is 0 Å². The largest absolute Gasteiger partial charge is 0.356 e. The van der Waals surface area contributed by atoms with Crippen LogP contribution in [0.1, 0.15) is 48.6 Å². The second-order valence-electron chi connectivity index (χ2n) is 10.1. The number of hydrogen-bond acceptors (Lipinski definition) is 3. The summed E-state index contributed by atoms with van der Waals surface area (Å²) in [5, 5.41) is 5.97. The van der Waals surface area contributed by atoms with E-state index in [4.69, 9.17) is 9.84 Å². The number of likely N-dealkylation sites (tertiary alicyclic amines) is 1. The van der Waals surface area contributed by atoms with Crippen LogP contribution in [0.25, 0.3) is 10.9 Å². The van der Waals surface area contributed by atoms with Crippen LogP contribution in [0.2, 0.25) is 0 Å². The van der Waals surface area contributed by atoms with Gasteiger partial charge in [0, 0.05) is 30.5 Å². The first-order valence-electron chi connectivity index (χ1n) is 12.7. The van der Waals surface area contributed by atoms with Gasteiger partial charge in [0.2, 0.25) is 0 Å². The number of hydrogen-bond donors (Lipinski definition) is 0. The Labute approximate surface area is 202 Å². The fourth-order valence-corrected chi connectivity index (χ4v) is 5.93. The quantitative estimate of drug-likeness (QED) is 0.354. The fraction of sp³-hybridized carbons (Fsp3) is 0.367. The molecule has 0 saturated carbocycles. The monoisotopic (exact) mass is 451 g/mol. The predicted octanol–water partition coefficient (Wildman–Crippen LogP) is 6.12. The van der Waals surface area contributed by atoms with Gasteiger partial charge >= 0.3 is 0 Å². The van der Waals surface area contributed by atoms with Crippen molar-refractivity contribution in [2.75, 3.05) is 19.7 Å². The second kappa shape index (κ2) is 9.36. The molecular formula is C30H33N3O. The van der Waals surface area contributed by atoms with E-state index in [1.165, 1.54) is 40.4 Å². The van der Waals surface area contributed by atoms with E-state index in [1.807, 2.05) is 6.20 Å². The summed E-state index contributed by atoms with van der Waals surface area (Å²) in [5.74, 6) is 0. The lowest BCUT2D eigenvalue weighted by atomic mass is 9.74. The molecule has 2 saturated heterocycles. The van der Waals surface area contributed by atoms with E-state index in [1.54, 1.807) is 0 Å². The van der Waals surface area contributed by atoms with Gasteiger partial charge in [-0.3, -0.25) is 4.90 Å². The highest BCUT2D eigenvalue weighted by Crippen LogP contribution is 2.40. The zero-order chi connectivity index (χ0) is 22.8. The average Bonchev–Trinajstić information content (AvgIpc) is 3.50. The van der Waals surface area contributed by atoms with E-state index >= 15 is 0 Å². The van der Waals surface area contributed by atoms with Crippen molar-refractivity contribution in [1.29, 1.82) is 0 Å². The summed E-state index contributed by atoms with van der Waals surface area (Å²) in [6.45, 7) is 4.04. The van der Waals surface area contributed by atoms with Crippen LogP contribution in [0.3, 0.4) is 0 Å². The van der Waals surface area contributed by atoms with E-state index in [0.717, 1.165) is 45.5 Å². The van der Waals surface area contributed by atoms with Crippen molar-refractivity contribution in [3.63, 3.8) is 0 Å². The van der Waals surface area contributed by atoms with E-state index in [9.17, 15) is 0 Å². The molecule has 6 rings (SSSR count). The smallest absolute Gasteiger partial charge is 0.150 e. The summed E-state index contributed by atoms with van der Waals surface area (Å²) in [7, 11) is 0. The summed E-state index contributed by atoms with van der Waals surface area (Å²) in [4.78, 5) is 2.63. The van der Waals surface area contributed by atoms with Crippen LogP contribution in [0.5, 0.6) is 0 Å².